The van der Waals surface area contributed by atoms with Crippen LogP contribution in [0.25, 0.3) is 0 Å². The molecule has 1 aromatic carbocycles. The number of halogens is 1. The van der Waals surface area contributed by atoms with E-state index in [0.29, 0.717) is 11.8 Å². The third kappa shape index (κ3) is 0.840. The molecule has 0 radical (unpaired) electrons. The van der Waals surface area contributed by atoms with Crippen molar-refractivity contribution in [3.63, 3.8) is 0 Å². The topological polar surface area (TPSA) is 28.7 Å². The maximum Gasteiger partial charge on any atom is 0.127 e. The molecule has 96 valence electrons. The van der Waals surface area contributed by atoms with Crippen LogP contribution in [0.2, 0.25) is 0 Å². The van der Waals surface area contributed by atoms with Gasteiger partial charge in [0.25, 0.3) is 0 Å². The Kier molecular flexibility index (Phi) is 1.48. The smallest absolute Gasteiger partial charge is 0.127 e. The van der Waals surface area contributed by atoms with E-state index >= 15 is 0 Å². The van der Waals surface area contributed by atoms with Gasteiger partial charge in [0.1, 0.15) is 5.82 Å². The summed E-state index contributed by atoms with van der Waals surface area (Å²) in [5.74, 6) is 0.839. The van der Waals surface area contributed by atoms with Gasteiger partial charge in [-0.3, -0.25) is 0 Å². The standard InChI is InChI=1S/C16H15FN2/c1-9-14-13-10(3-2-4-11(13)17)15(5-6-15)16(9,14)12-7-18-8-19-12/h2-4,7-9,14H,5-6H2,1H3,(H,18,19). The van der Waals surface area contributed by atoms with Gasteiger partial charge in [0.05, 0.1) is 6.33 Å². The summed E-state index contributed by atoms with van der Waals surface area (Å²) in [6.45, 7) is 2.26. The molecule has 3 heteroatoms. The Morgan fingerprint density at radius 2 is 2.21 bits per heavy atom. The molecule has 2 aromatic rings. The van der Waals surface area contributed by atoms with E-state index in [1.807, 2.05) is 12.3 Å². The van der Waals surface area contributed by atoms with E-state index in [1.165, 1.54) is 24.1 Å². The van der Waals surface area contributed by atoms with Gasteiger partial charge in [0, 0.05) is 28.6 Å². The summed E-state index contributed by atoms with van der Waals surface area (Å²) < 4.78 is 14.3. The lowest BCUT2D eigenvalue weighted by Crippen LogP contribution is -2.26. The first-order chi connectivity index (χ1) is 9.23. The van der Waals surface area contributed by atoms with Crippen LogP contribution in [0.15, 0.2) is 30.7 Å². The zero-order valence-corrected chi connectivity index (χ0v) is 10.8. The molecule has 3 aliphatic carbocycles. The van der Waals surface area contributed by atoms with Gasteiger partial charge in [-0.25, -0.2) is 9.37 Å². The third-order valence-electron chi connectivity index (χ3n) is 5.96. The first-order valence-electron chi connectivity index (χ1n) is 7.01. The summed E-state index contributed by atoms with van der Waals surface area (Å²) in [4.78, 5) is 7.51. The number of aromatic amines is 1. The van der Waals surface area contributed by atoms with Crippen LogP contribution in [0.5, 0.6) is 0 Å². The van der Waals surface area contributed by atoms with E-state index in [9.17, 15) is 4.39 Å². The van der Waals surface area contributed by atoms with Crippen molar-refractivity contribution in [1.82, 2.24) is 9.97 Å². The molecule has 0 aliphatic heterocycles. The van der Waals surface area contributed by atoms with Crippen LogP contribution in [-0.4, -0.2) is 9.97 Å². The number of aromatic nitrogens is 2. The number of hydrogen-bond acceptors (Lipinski definition) is 1. The second kappa shape index (κ2) is 2.77. The molecule has 0 saturated heterocycles. The molecule has 3 atom stereocenters. The zero-order valence-electron chi connectivity index (χ0n) is 10.8. The minimum atomic E-state index is -0.0143. The van der Waals surface area contributed by atoms with Gasteiger partial charge < -0.3 is 4.98 Å². The average molecular weight is 254 g/mol. The molecule has 1 aromatic heterocycles. The summed E-state index contributed by atoms with van der Waals surface area (Å²) in [6, 6.07) is 5.62. The SMILES string of the molecule is CC1C2c3c(F)cccc3C3(CC3)C12c1cnc[nH]1. The van der Waals surface area contributed by atoms with E-state index in [1.54, 1.807) is 12.4 Å². The van der Waals surface area contributed by atoms with Crippen molar-refractivity contribution in [1.29, 1.82) is 0 Å². The molecule has 19 heavy (non-hydrogen) atoms. The molecule has 2 saturated carbocycles. The van der Waals surface area contributed by atoms with E-state index in [2.05, 4.69) is 23.0 Å². The highest BCUT2D eigenvalue weighted by atomic mass is 19.1. The summed E-state index contributed by atoms with van der Waals surface area (Å²) in [6.07, 6.45) is 6.06. The van der Waals surface area contributed by atoms with Crippen molar-refractivity contribution in [2.75, 3.05) is 0 Å². The first kappa shape index (κ1) is 10.2. The largest absolute Gasteiger partial charge is 0.348 e. The van der Waals surface area contributed by atoms with Gasteiger partial charge in [-0.05, 0) is 36.0 Å². The quantitative estimate of drug-likeness (QED) is 0.831. The lowest BCUT2D eigenvalue weighted by atomic mass is 9.79. The zero-order chi connectivity index (χ0) is 12.8. The van der Waals surface area contributed by atoms with Crippen LogP contribution in [-0.2, 0) is 10.8 Å². The van der Waals surface area contributed by atoms with Gasteiger partial charge in [0.15, 0.2) is 0 Å². The normalized spacial score (nSPS) is 36.1. The van der Waals surface area contributed by atoms with Crippen LogP contribution < -0.4 is 0 Å². The van der Waals surface area contributed by atoms with Gasteiger partial charge in [-0.1, -0.05) is 19.1 Å². The predicted octanol–water partition coefficient (Wildman–Crippen LogP) is 3.27. The van der Waals surface area contributed by atoms with E-state index < -0.39 is 0 Å². The van der Waals surface area contributed by atoms with Crippen LogP contribution in [0.3, 0.4) is 0 Å². The van der Waals surface area contributed by atoms with Gasteiger partial charge in [0.2, 0.25) is 0 Å². The molecule has 1 N–H and O–H groups in total. The molecular formula is C16H15FN2. The lowest BCUT2D eigenvalue weighted by molar-refractivity contribution is 0.474. The predicted molar refractivity (Wildman–Crippen MR) is 69.5 cm³/mol. The number of benzene rings is 1. The van der Waals surface area contributed by atoms with Crippen molar-refractivity contribution in [3.8, 4) is 0 Å². The lowest BCUT2D eigenvalue weighted by Gasteiger charge is -2.24. The van der Waals surface area contributed by atoms with Gasteiger partial charge in [-0.2, -0.15) is 0 Å². The summed E-state index contributed by atoms with van der Waals surface area (Å²) in [7, 11) is 0. The molecule has 1 heterocycles. The van der Waals surface area contributed by atoms with Crippen LogP contribution in [0.1, 0.15) is 42.5 Å². The highest BCUT2D eigenvalue weighted by molar-refractivity contribution is 5.64. The highest BCUT2D eigenvalue weighted by Crippen LogP contribution is 2.84. The Bertz CT molecular complexity index is 687. The molecule has 1 spiro atoms. The van der Waals surface area contributed by atoms with Crippen molar-refractivity contribution in [2.24, 2.45) is 5.92 Å². The molecule has 0 bridgehead atoms. The van der Waals surface area contributed by atoms with E-state index in [0.717, 1.165) is 5.56 Å². The van der Waals surface area contributed by atoms with Crippen LogP contribution in [0.4, 0.5) is 4.39 Å². The summed E-state index contributed by atoms with van der Waals surface area (Å²) >= 11 is 0. The summed E-state index contributed by atoms with van der Waals surface area (Å²) in [5, 5.41) is 0. The second-order valence-corrected chi connectivity index (χ2v) is 6.38. The second-order valence-electron chi connectivity index (χ2n) is 6.38. The number of nitrogens with zero attached hydrogens (tertiary/aromatic N) is 1. The number of hydrogen-bond donors (Lipinski definition) is 1. The Balaban J connectivity index is 1.83. The fourth-order valence-electron chi connectivity index (χ4n) is 5.23. The molecule has 2 fully saturated rings. The highest BCUT2D eigenvalue weighted by Gasteiger charge is 2.82. The average Bonchev–Trinajstić information content (AvgIpc) is 3.16. The Labute approximate surface area is 111 Å². The van der Waals surface area contributed by atoms with Crippen molar-refractivity contribution >= 4 is 0 Å². The molecule has 3 unspecified atom stereocenters. The molecule has 5 rings (SSSR count). The Hall–Kier alpha value is -1.64. The monoisotopic (exact) mass is 254 g/mol. The fourth-order valence-corrected chi connectivity index (χ4v) is 5.23. The molecular weight excluding hydrogens is 239 g/mol. The maximum atomic E-state index is 14.3. The van der Waals surface area contributed by atoms with Crippen molar-refractivity contribution in [2.45, 2.75) is 36.5 Å². The van der Waals surface area contributed by atoms with Crippen molar-refractivity contribution in [3.05, 3.63) is 53.4 Å². The number of H-pyrrole nitrogens is 1. The first-order valence-corrected chi connectivity index (χ1v) is 7.01. The van der Waals surface area contributed by atoms with Crippen LogP contribution >= 0.6 is 0 Å². The maximum absolute atomic E-state index is 14.3. The Morgan fingerprint density at radius 3 is 2.89 bits per heavy atom. The number of imidazole rings is 1. The number of nitrogens with one attached hydrogen (secondary N) is 1. The van der Waals surface area contributed by atoms with Crippen molar-refractivity contribution < 1.29 is 4.39 Å². The van der Waals surface area contributed by atoms with E-state index in [4.69, 9.17) is 0 Å². The Morgan fingerprint density at radius 1 is 1.37 bits per heavy atom. The van der Waals surface area contributed by atoms with Gasteiger partial charge in [-0.15, -0.1) is 0 Å². The number of rotatable bonds is 1. The molecule has 3 aliphatic rings. The summed E-state index contributed by atoms with van der Waals surface area (Å²) in [5.41, 5.74) is 3.74. The minimum Gasteiger partial charge on any atom is -0.348 e. The molecule has 0 amide bonds. The fraction of sp³-hybridized carbons (Fsp3) is 0.438. The number of fused-ring (bicyclic) bond motifs is 5. The minimum absolute atomic E-state index is 0.0143. The van der Waals surface area contributed by atoms with E-state index in [-0.39, 0.29) is 16.6 Å². The van der Waals surface area contributed by atoms with Gasteiger partial charge >= 0.3 is 0 Å². The third-order valence-corrected chi connectivity index (χ3v) is 5.96. The molecule has 2 nitrogen and oxygen atoms in total. The van der Waals surface area contributed by atoms with Crippen LogP contribution in [0, 0.1) is 11.7 Å².